The van der Waals surface area contributed by atoms with Crippen LogP contribution in [0.15, 0.2) is 66.7 Å². The van der Waals surface area contributed by atoms with Crippen LogP contribution in [0, 0.1) is 0 Å². The summed E-state index contributed by atoms with van der Waals surface area (Å²) in [6.45, 7) is 6.07. The number of nitrogens with one attached hydrogen (secondary N) is 2. The monoisotopic (exact) mass is 507 g/mol. The van der Waals surface area contributed by atoms with Crippen molar-refractivity contribution in [3.8, 4) is 0 Å². The number of hydrogen-bond acceptors (Lipinski definition) is 5. The summed E-state index contributed by atoms with van der Waals surface area (Å²) in [5.74, 6) is 0. The van der Waals surface area contributed by atoms with Crippen LogP contribution in [0.4, 0.5) is 0 Å². The van der Waals surface area contributed by atoms with Crippen molar-refractivity contribution in [2.45, 2.75) is 25.9 Å². The minimum absolute atomic E-state index is 0.883. The number of hydrogen-bond donors (Lipinski definition) is 2. The summed E-state index contributed by atoms with van der Waals surface area (Å²) in [4.78, 5) is 9.48. The highest BCUT2D eigenvalue weighted by Gasteiger charge is 2.08. The molecule has 4 aromatic carbocycles. The quantitative estimate of drug-likeness (QED) is 0.127. The molecule has 0 spiro atoms. The molecular formula is C33H41N5. The Morgan fingerprint density at radius 1 is 0.553 bits per heavy atom. The van der Waals surface area contributed by atoms with Gasteiger partial charge in [-0.05, 0) is 142 Å². The fourth-order valence-corrected chi connectivity index (χ4v) is 5.21. The summed E-state index contributed by atoms with van der Waals surface area (Å²) in [6, 6.07) is 24.9. The third-order valence-corrected chi connectivity index (χ3v) is 7.27. The third-order valence-electron chi connectivity index (χ3n) is 7.27. The van der Waals surface area contributed by atoms with Crippen LogP contribution in [0.5, 0.6) is 0 Å². The largest absolute Gasteiger partial charge is 0.313 e. The molecule has 0 atom stereocenters. The van der Waals surface area contributed by atoms with Crippen LogP contribution < -0.4 is 10.6 Å². The average Bonchev–Trinajstić information content (AvgIpc) is 2.90. The maximum absolute atomic E-state index is 5.01. The zero-order valence-corrected chi connectivity index (χ0v) is 23.3. The van der Waals surface area contributed by atoms with Crippen LogP contribution in [0.2, 0.25) is 0 Å². The van der Waals surface area contributed by atoms with E-state index in [1.165, 1.54) is 43.4 Å². The first-order valence-electron chi connectivity index (χ1n) is 13.9. The van der Waals surface area contributed by atoms with Gasteiger partial charge in [0.05, 0.1) is 11.0 Å². The summed E-state index contributed by atoms with van der Waals surface area (Å²) in [7, 11) is 8.49. The molecule has 0 fully saturated rings. The van der Waals surface area contributed by atoms with Crippen molar-refractivity contribution in [2.24, 2.45) is 0 Å². The summed E-state index contributed by atoms with van der Waals surface area (Å²) < 4.78 is 0. The Morgan fingerprint density at radius 2 is 1.13 bits per heavy atom. The van der Waals surface area contributed by atoms with Crippen LogP contribution in [-0.2, 0) is 13.1 Å². The molecule has 5 heteroatoms. The topological polar surface area (TPSA) is 43.4 Å². The van der Waals surface area contributed by atoms with Crippen LogP contribution in [0.1, 0.15) is 24.0 Å². The lowest BCUT2D eigenvalue weighted by Crippen LogP contribution is -2.20. The first kappa shape index (κ1) is 26.5. The molecule has 0 aliphatic rings. The van der Waals surface area contributed by atoms with Gasteiger partial charge in [0.25, 0.3) is 0 Å². The highest BCUT2D eigenvalue weighted by atomic mass is 15.1. The van der Waals surface area contributed by atoms with E-state index in [-0.39, 0.29) is 0 Å². The third kappa shape index (κ3) is 6.48. The van der Waals surface area contributed by atoms with Crippen molar-refractivity contribution >= 4 is 43.4 Å². The highest BCUT2D eigenvalue weighted by Crippen LogP contribution is 2.31. The number of rotatable bonds is 12. The summed E-state index contributed by atoms with van der Waals surface area (Å²) in [6.07, 6.45) is 2.32. The van der Waals surface area contributed by atoms with Gasteiger partial charge in [-0.25, -0.2) is 4.98 Å². The summed E-state index contributed by atoms with van der Waals surface area (Å²) in [5.41, 5.74) is 4.74. The molecule has 0 bridgehead atoms. The van der Waals surface area contributed by atoms with Gasteiger partial charge in [-0.3, -0.25) is 0 Å². The van der Waals surface area contributed by atoms with Gasteiger partial charge in [0.1, 0.15) is 0 Å². The molecule has 1 aromatic heterocycles. The molecular weight excluding hydrogens is 466 g/mol. The van der Waals surface area contributed by atoms with Crippen molar-refractivity contribution in [3.63, 3.8) is 0 Å². The lowest BCUT2D eigenvalue weighted by Gasteiger charge is -2.11. The SMILES string of the molecule is CN(C)CCCNCc1ccc2cc3c(ccc4nc5ccc(CNCCCN(C)C)cc5cc43)cc2c1. The van der Waals surface area contributed by atoms with Crippen molar-refractivity contribution in [1.82, 2.24) is 25.4 Å². The van der Waals surface area contributed by atoms with Gasteiger partial charge in [0.2, 0.25) is 0 Å². The second kappa shape index (κ2) is 12.2. The van der Waals surface area contributed by atoms with Gasteiger partial charge in [0, 0.05) is 23.9 Å². The normalized spacial score (nSPS) is 12.2. The highest BCUT2D eigenvalue weighted by molar-refractivity contribution is 6.13. The van der Waals surface area contributed by atoms with Gasteiger partial charge >= 0.3 is 0 Å². The van der Waals surface area contributed by atoms with Crippen molar-refractivity contribution < 1.29 is 0 Å². The van der Waals surface area contributed by atoms with Gasteiger partial charge in [0.15, 0.2) is 0 Å². The van der Waals surface area contributed by atoms with E-state index in [4.69, 9.17) is 4.98 Å². The van der Waals surface area contributed by atoms with E-state index in [9.17, 15) is 0 Å². The Kier molecular flexibility index (Phi) is 8.50. The smallest absolute Gasteiger partial charge is 0.0716 e. The van der Waals surface area contributed by atoms with Gasteiger partial charge in [-0.15, -0.1) is 0 Å². The van der Waals surface area contributed by atoms with Crippen molar-refractivity contribution in [2.75, 3.05) is 54.4 Å². The molecule has 0 unspecified atom stereocenters. The molecule has 2 N–H and O–H groups in total. The lowest BCUT2D eigenvalue weighted by molar-refractivity contribution is 0.394. The molecule has 0 amide bonds. The molecule has 0 saturated carbocycles. The Morgan fingerprint density at radius 3 is 1.82 bits per heavy atom. The summed E-state index contributed by atoms with van der Waals surface area (Å²) >= 11 is 0. The molecule has 0 aliphatic heterocycles. The molecule has 0 saturated heterocycles. The number of pyridine rings is 1. The van der Waals surface area contributed by atoms with Crippen LogP contribution in [0.25, 0.3) is 43.4 Å². The van der Waals surface area contributed by atoms with E-state index in [1.807, 2.05) is 0 Å². The molecule has 5 nitrogen and oxygen atoms in total. The second-order valence-corrected chi connectivity index (χ2v) is 11.1. The predicted octanol–water partition coefficient (Wildman–Crippen LogP) is 5.78. The molecule has 1 heterocycles. The van der Waals surface area contributed by atoms with Gasteiger partial charge in [-0.1, -0.05) is 24.3 Å². The molecule has 0 radical (unpaired) electrons. The van der Waals surface area contributed by atoms with Crippen molar-refractivity contribution in [3.05, 3.63) is 77.9 Å². The number of nitrogens with zero attached hydrogens (tertiary/aromatic N) is 3. The lowest BCUT2D eigenvalue weighted by atomic mass is 9.98. The van der Waals surface area contributed by atoms with E-state index < -0.39 is 0 Å². The van der Waals surface area contributed by atoms with Gasteiger partial charge in [-0.2, -0.15) is 0 Å². The van der Waals surface area contributed by atoms with E-state index in [1.54, 1.807) is 0 Å². The van der Waals surface area contributed by atoms with Crippen molar-refractivity contribution in [1.29, 1.82) is 0 Å². The fourth-order valence-electron chi connectivity index (χ4n) is 5.21. The molecule has 5 aromatic rings. The standard InChI is InChI=1S/C33H41N5/c1-37(2)15-5-13-34-22-24-7-9-26-20-30-27(19-28(26)17-24)10-12-33-31(30)21-29-18-25(8-11-32(29)36-33)23-35-14-6-16-38(3)4/h7-12,17-21,34-35H,5-6,13-16,22-23H2,1-4H3. The Labute approximate surface area is 226 Å². The molecule has 38 heavy (non-hydrogen) atoms. The van der Waals surface area contributed by atoms with E-state index in [0.29, 0.717) is 0 Å². The molecule has 198 valence electrons. The zero-order chi connectivity index (χ0) is 26.5. The van der Waals surface area contributed by atoms with E-state index >= 15 is 0 Å². The van der Waals surface area contributed by atoms with Crippen LogP contribution in [0.3, 0.4) is 0 Å². The molecule has 5 rings (SSSR count). The Bertz CT molecular complexity index is 1540. The number of benzene rings is 4. The van der Waals surface area contributed by atoms with E-state index in [2.05, 4.69) is 115 Å². The minimum Gasteiger partial charge on any atom is -0.313 e. The van der Waals surface area contributed by atoms with Crippen LogP contribution >= 0.6 is 0 Å². The number of aromatic nitrogens is 1. The fraction of sp³-hybridized carbons (Fsp3) is 0.364. The predicted molar refractivity (Wildman–Crippen MR) is 164 cm³/mol. The average molecular weight is 508 g/mol. The van der Waals surface area contributed by atoms with E-state index in [0.717, 1.165) is 63.1 Å². The Hall–Kier alpha value is -3.09. The van der Waals surface area contributed by atoms with Crippen LogP contribution in [-0.4, -0.2) is 69.2 Å². The van der Waals surface area contributed by atoms with Gasteiger partial charge < -0.3 is 20.4 Å². The summed E-state index contributed by atoms with van der Waals surface area (Å²) in [5, 5.41) is 14.7. The maximum Gasteiger partial charge on any atom is 0.0716 e. The second-order valence-electron chi connectivity index (χ2n) is 11.1. The maximum atomic E-state index is 5.01. The first-order valence-corrected chi connectivity index (χ1v) is 13.9. The first-order chi connectivity index (χ1) is 18.5. The zero-order valence-electron chi connectivity index (χ0n) is 23.3. The molecule has 0 aliphatic carbocycles. The minimum atomic E-state index is 0.883. The number of fused-ring (bicyclic) bond motifs is 5. The Balaban J connectivity index is 1.38.